The highest BCUT2D eigenvalue weighted by Crippen LogP contribution is 2.17. The summed E-state index contributed by atoms with van der Waals surface area (Å²) in [5.74, 6) is 1.24. The fourth-order valence-corrected chi connectivity index (χ4v) is 3.41. The molecular formula is C13H22N4O2S. The SMILES string of the molecule is CCCCS(=O)(=O)Nc1ccc(N2CCCCC2)nn1. The Labute approximate surface area is 120 Å². The average molecular weight is 298 g/mol. The lowest BCUT2D eigenvalue weighted by molar-refractivity contribution is 0.571. The molecule has 1 aliphatic heterocycles. The summed E-state index contributed by atoms with van der Waals surface area (Å²) in [5.41, 5.74) is 0. The highest BCUT2D eigenvalue weighted by atomic mass is 32.2. The first-order chi connectivity index (χ1) is 9.61. The summed E-state index contributed by atoms with van der Waals surface area (Å²) in [6.07, 6.45) is 5.11. The Balaban J connectivity index is 1.97. The van der Waals surface area contributed by atoms with E-state index in [0.29, 0.717) is 12.2 Å². The highest BCUT2D eigenvalue weighted by molar-refractivity contribution is 7.92. The van der Waals surface area contributed by atoms with Crippen molar-refractivity contribution in [3.8, 4) is 0 Å². The van der Waals surface area contributed by atoms with Crippen LogP contribution in [-0.4, -0.2) is 37.5 Å². The molecule has 0 spiro atoms. The van der Waals surface area contributed by atoms with Crippen LogP contribution < -0.4 is 9.62 Å². The second-order valence-electron chi connectivity index (χ2n) is 5.10. The van der Waals surface area contributed by atoms with Crippen molar-refractivity contribution in [2.45, 2.75) is 39.0 Å². The lowest BCUT2D eigenvalue weighted by Gasteiger charge is -2.27. The minimum absolute atomic E-state index is 0.124. The van der Waals surface area contributed by atoms with Gasteiger partial charge in [-0.05, 0) is 37.8 Å². The van der Waals surface area contributed by atoms with Crippen LogP contribution in [0.3, 0.4) is 0 Å². The van der Waals surface area contributed by atoms with Crippen LogP contribution in [0.5, 0.6) is 0 Å². The van der Waals surface area contributed by atoms with Crippen LogP contribution in [0.1, 0.15) is 39.0 Å². The summed E-state index contributed by atoms with van der Waals surface area (Å²) >= 11 is 0. The van der Waals surface area contributed by atoms with Crippen molar-refractivity contribution in [1.82, 2.24) is 10.2 Å². The van der Waals surface area contributed by atoms with E-state index in [1.54, 1.807) is 6.07 Å². The van der Waals surface area contributed by atoms with E-state index < -0.39 is 10.0 Å². The Morgan fingerprint density at radius 2 is 1.95 bits per heavy atom. The van der Waals surface area contributed by atoms with Crippen molar-refractivity contribution in [1.29, 1.82) is 0 Å². The van der Waals surface area contributed by atoms with Gasteiger partial charge in [0.15, 0.2) is 11.6 Å². The first-order valence-corrected chi connectivity index (χ1v) is 8.85. The van der Waals surface area contributed by atoms with Crippen molar-refractivity contribution >= 4 is 21.7 Å². The van der Waals surface area contributed by atoms with Crippen LogP contribution in [0, 0.1) is 0 Å². The molecule has 7 heteroatoms. The molecule has 0 bridgehead atoms. The number of hydrogen-bond donors (Lipinski definition) is 1. The summed E-state index contributed by atoms with van der Waals surface area (Å²) in [6.45, 7) is 3.95. The van der Waals surface area contributed by atoms with Crippen LogP contribution in [0.25, 0.3) is 0 Å². The Morgan fingerprint density at radius 3 is 2.55 bits per heavy atom. The van der Waals surface area contributed by atoms with Crippen LogP contribution in [-0.2, 0) is 10.0 Å². The number of aromatic nitrogens is 2. The van der Waals surface area contributed by atoms with Gasteiger partial charge in [0.05, 0.1) is 5.75 Å². The molecule has 1 N–H and O–H groups in total. The third kappa shape index (κ3) is 4.33. The van der Waals surface area contributed by atoms with Gasteiger partial charge < -0.3 is 4.90 Å². The molecule has 0 atom stereocenters. The van der Waals surface area contributed by atoms with Gasteiger partial charge in [-0.3, -0.25) is 4.72 Å². The second-order valence-corrected chi connectivity index (χ2v) is 6.94. The molecule has 2 heterocycles. The molecule has 112 valence electrons. The standard InChI is InChI=1S/C13H22N4O2S/c1-2-3-11-20(18,19)16-12-7-8-13(15-14-12)17-9-5-4-6-10-17/h7-8H,2-6,9-11H2,1H3,(H,14,16). The van der Waals surface area contributed by atoms with E-state index in [1.807, 2.05) is 13.0 Å². The molecule has 0 aromatic carbocycles. The van der Waals surface area contributed by atoms with Gasteiger partial charge in [-0.2, -0.15) is 0 Å². The van der Waals surface area contributed by atoms with Gasteiger partial charge in [0.25, 0.3) is 0 Å². The molecule has 0 radical (unpaired) electrons. The van der Waals surface area contributed by atoms with E-state index in [9.17, 15) is 8.42 Å². The maximum absolute atomic E-state index is 11.8. The second kappa shape index (κ2) is 6.88. The molecule has 1 fully saturated rings. The van der Waals surface area contributed by atoms with Crippen molar-refractivity contribution in [2.24, 2.45) is 0 Å². The lowest BCUT2D eigenvalue weighted by atomic mass is 10.1. The highest BCUT2D eigenvalue weighted by Gasteiger charge is 2.14. The van der Waals surface area contributed by atoms with Gasteiger partial charge in [-0.15, -0.1) is 10.2 Å². The zero-order valence-corrected chi connectivity index (χ0v) is 12.7. The molecule has 0 unspecified atom stereocenters. The van der Waals surface area contributed by atoms with Gasteiger partial charge in [0.1, 0.15) is 0 Å². The largest absolute Gasteiger partial charge is 0.355 e. The number of unbranched alkanes of at least 4 members (excludes halogenated alkanes) is 1. The molecule has 1 aromatic heterocycles. The average Bonchev–Trinajstić information content (AvgIpc) is 2.46. The van der Waals surface area contributed by atoms with Gasteiger partial charge in [0.2, 0.25) is 10.0 Å². The van der Waals surface area contributed by atoms with E-state index in [2.05, 4.69) is 19.8 Å². The summed E-state index contributed by atoms with van der Waals surface area (Å²) in [7, 11) is -3.30. The molecule has 0 amide bonds. The minimum Gasteiger partial charge on any atom is -0.355 e. The Kier molecular flexibility index (Phi) is 5.17. The van der Waals surface area contributed by atoms with Crippen LogP contribution in [0.15, 0.2) is 12.1 Å². The van der Waals surface area contributed by atoms with E-state index in [4.69, 9.17) is 0 Å². The molecule has 1 aliphatic rings. The summed E-state index contributed by atoms with van der Waals surface area (Å²) < 4.78 is 26.0. The topological polar surface area (TPSA) is 75.2 Å². The van der Waals surface area contributed by atoms with E-state index >= 15 is 0 Å². The molecular weight excluding hydrogens is 276 g/mol. The minimum atomic E-state index is -3.30. The number of nitrogens with zero attached hydrogens (tertiary/aromatic N) is 3. The number of anilines is 2. The first-order valence-electron chi connectivity index (χ1n) is 7.20. The van der Waals surface area contributed by atoms with E-state index in [1.165, 1.54) is 19.3 Å². The predicted molar refractivity (Wildman–Crippen MR) is 80.4 cm³/mol. The number of hydrogen-bond acceptors (Lipinski definition) is 5. The molecule has 20 heavy (non-hydrogen) atoms. The normalized spacial score (nSPS) is 16.1. The first kappa shape index (κ1) is 15.0. The van der Waals surface area contributed by atoms with Crippen molar-refractivity contribution in [3.05, 3.63) is 12.1 Å². The van der Waals surface area contributed by atoms with Crippen LogP contribution in [0.4, 0.5) is 11.6 Å². The molecule has 2 rings (SSSR count). The van der Waals surface area contributed by atoms with Gasteiger partial charge in [0, 0.05) is 13.1 Å². The van der Waals surface area contributed by atoms with Crippen LogP contribution in [0.2, 0.25) is 0 Å². The van der Waals surface area contributed by atoms with Gasteiger partial charge in [-0.1, -0.05) is 13.3 Å². The van der Waals surface area contributed by atoms with Crippen molar-refractivity contribution < 1.29 is 8.42 Å². The fraction of sp³-hybridized carbons (Fsp3) is 0.692. The van der Waals surface area contributed by atoms with Crippen LogP contribution >= 0.6 is 0 Å². The molecule has 1 saturated heterocycles. The van der Waals surface area contributed by atoms with E-state index in [-0.39, 0.29) is 5.75 Å². The zero-order valence-electron chi connectivity index (χ0n) is 11.9. The maximum Gasteiger partial charge on any atom is 0.233 e. The molecule has 1 aromatic rings. The zero-order chi connectivity index (χ0) is 14.4. The van der Waals surface area contributed by atoms with Gasteiger partial charge >= 0.3 is 0 Å². The number of nitrogens with one attached hydrogen (secondary N) is 1. The lowest BCUT2D eigenvalue weighted by Crippen LogP contribution is -2.30. The van der Waals surface area contributed by atoms with Gasteiger partial charge in [-0.25, -0.2) is 8.42 Å². The third-order valence-corrected chi connectivity index (χ3v) is 4.70. The molecule has 0 aliphatic carbocycles. The maximum atomic E-state index is 11.8. The summed E-state index contributed by atoms with van der Waals surface area (Å²) in [5, 5.41) is 8.08. The Bertz CT molecular complexity index is 510. The number of sulfonamides is 1. The number of piperidine rings is 1. The molecule has 6 nitrogen and oxygen atoms in total. The molecule has 0 saturated carbocycles. The summed E-state index contributed by atoms with van der Waals surface area (Å²) in [4.78, 5) is 2.19. The summed E-state index contributed by atoms with van der Waals surface area (Å²) in [6, 6.07) is 3.51. The predicted octanol–water partition coefficient (Wildman–Crippen LogP) is 2.01. The Morgan fingerprint density at radius 1 is 1.20 bits per heavy atom. The third-order valence-electron chi connectivity index (χ3n) is 3.36. The van der Waals surface area contributed by atoms with Crippen molar-refractivity contribution in [3.63, 3.8) is 0 Å². The smallest absolute Gasteiger partial charge is 0.233 e. The van der Waals surface area contributed by atoms with E-state index in [0.717, 1.165) is 25.3 Å². The number of rotatable bonds is 6. The monoisotopic (exact) mass is 298 g/mol. The fourth-order valence-electron chi connectivity index (χ4n) is 2.22. The van der Waals surface area contributed by atoms with Crippen molar-refractivity contribution in [2.75, 3.05) is 28.5 Å². The Hall–Kier alpha value is -1.37. The quantitative estimate of drug-likeness (QED) is 0.869.